The van der Waals surface area contributed by atoms with E-state index in [0.29, 0.717) is 5.25 Å². The lowest BCUT2D eigenvalue weighted by Crippen LogP contribution is -2.16. The summed E-state index contributed by atoms with van der Waals surface area (Å²) in [5.74, 6) is 0.864. The standard InChI is InChI=1S/C11H14N2OS2/c1-7(2)15-11-12-9-5-4-8(14-3)6-10(9)16-13-11/h4-7H,1-3H3,(H,12,13). The normalized spacial score (nSPS) is 14.1. The molecule has 0 aliphatic carbocycles. The van der Waals surface area contributed by atoms with Crippen LogP contribution in [0.5, 0.6) is 5.75 Å². The lowest BCUT2D eigenvalue weighted by atomic mass is 10.3. The summed E-state index contributed by atoms with van der Waals surface area (Å²) in [5, 5.41) is 1.50. The first-order valence-corrected chi connectivity index (χ1v) is 6.75. The molecule has 1 N–H and O–H groups in total. The molecule has 0 unspecified atom stereocenters. The van der Waals surface area contributed by atoms with Crippen molar-refractivity contribution >= 4 is 34.6 Å². The van der Waals surface area contributed by atoms with Crippen molar-refractivity contribution in [2.24, 2.45) is 4.99 Å². The number of nitrogens with one attached hydrogen (secondary N) is 1. The lowest BCUT2D eigenvalue weighted by Gasteiger charge is -2.17. The molecule has 1 aliphatic rings. The molecule has 1 aromatic rings. The third-order valence-electron chi connectivity index (χ3n) is 1.98. The Kier molecular flexibility index (Phi) is 3.66. The second-order valence-corrected chi connectivity index (χ2v) is 6.03. The van der Waals surface area contributed by atoms with E-state index in [1.54, 1.807) is 30.8 Å². The summed E-state index contributed by atoms with van der Waals surface area (Å²) >= 11 is 3.32. The van der Waals surface area contributed by atoms with Crippen molar-refractivity contribution in [1.29, 1.82) is 0 Å². The van der Waals surface area contributed by atoms with Crippen molar-refractivity contribution < 1.29 is 4.74 Å². The van der Waals surface area contributed by atoms with Gasteiger partial charge in [-0.1, -0.05) is 25.6 Å². The summed E-state index contributed by atoms with van der Waals surface area (Å²) in [7, 11) is 1.67. The Morgan fingerprint density at radius 1 is 1.44 bits per heavy atom. The van der Waals surface area contributed by atoms with E-state index in [1.807, 2.05) is 18.2 Å². The first kappa shape index (κ1) is 11.7. The minimum atomic E-state index is 0.534. The second kappa shape index (κ2) is 5.01. The van der Waals surface area contributed by atoms with Gasteiger partial charge in [0, 0.05) is 5.25 Å². The van der Waals surface area contributed by atoms with E-state index in [0.717, 1.165) is 21.5 Å². The Morgan fingerprint density at radius 2 is 2.25 bits per heavy atom. The van der Waals surface area contributed by atoms with Gasteiger partial charge >= 0.3 is 0 Å². The van der Waals surface area contributed by atoms with Crippen LogP contribution in [0.2, 0.25) is 0 Å². The minimum Gasteiger partial charge on any atom is -0.497 e. The monoisotopic (exact) mass is 254 g/mol. The third-order valence-corrected chi connectivity index (χ3v) is 3.84. The summed E-state index contributed by atoms with van der Waals surface area (Å²) in [6, 6.07) is 5.92. The Labute approximate surface area is 104 Å². The van der Waals surface area contributed by atoms with Crippen molar-refractivity contribution in [2.75, 3.05) is 7.11 Å². The van der Waals surface area contributed by atoms with Crippen molar-refractivity contribution in [3.8, 4) is 5.75 Å². The molecule has 1 heterocycles. The maximum absolute atomic E-state index is 5.18. The number of hydrogen-bond acceptors (Lipinski definition) is 5. The molecule has 0 aromatic heterocycles. The Bertz CT molecular complexity index is 418. The topological polar surface area (TPSA) is 33.6 Å². The summed E-state index contributed by atoms with van der Waals surface area (Å²) in [6.07, 6.45) is 0. The van der Waals surface area contributed by atoms with E-state index < -0.39 is 0 Å². The van der Waals surface area contributed by atoms with Gasteiger partial charge < -0.3 is 9.46 Å². The van der Waals surface area contributed by atoms with Crippen LogP contribution in [-0.4, -0.2) is 17.5 Å². The number of methoxy groups -OCH3 is 1. The molecular formula is C11H14N2OS2. The number of aliphatic imine (C=N–C) groups is 1. The zero-order chi connectivity index (χ0) is 11.5. The fraction of sp³-hybridized carbons (Fsp3) is 0.364. The molecule has 0 bridgehead atoms. The van der Waals surface area contributed by atoms with Crippen LogP contribution in [0.25, 0.3) is 0 Å². The first-order valence-electron chi connectivity index (χ1n) is 5.05. The van der Waals surface area contributed by atoms with Crippen LogP contribution < -0.4 is 9.46 Å². The average Bonchev–Trinajstić information content (AvgIpc) is 2.27. The summed E-state index contributed by atoms with van der Waals surface area (Å²) in [5.41, 5.74) is 1.01. The number of benzene rings is 1. The zero-order valence-electron chi connectivity index (χ0n) is 9.48. The van der Waals surface area contributed by atoms with Crippen LogP contribution in [0.1, 0.15) is 13.8 Å². The molecule has 0 radical (unpaired) electrons. The van der Waals surface area contributed by atoms with E-state index in [2.05, 4.69) is 23.6 Å². The number of thioether (sulfide) groups is 1. The maximum atomic E-state index is 5.18. The van der Waals surface area contributed by atoms with Crippen LogP contribution in [0.15, 0.2) is 28.1 Å². The van der Waals surface area contributed by atoms with Crippen molar-refractivity contribution in [1.82, 2.24) is 4.72 Å². The maximum Gasteiger partial charge on any atom is 0.172 e. The fourth-order valence-corrected chi connectivity index (χ4v) is 2.85. The van der Waals surface area contributed by atoms with Gasteiger partial charge in [-0.3, -0.25) is 0 Å². The molecule has 16 heavy (non-hydrogen) atoms. The number of fused-ring (bicyclic) bond motifs is 1. The Morgan fingerprint density at radius 3 is 2.94 bits per heavy atom. The second-order valence-electron chi connectivity index (χ2n) is 3.62. The summed E-state index contributed by atoms with van der Waals surface area (Å²) in [4.78, 5) is 5.66. The van der Waals surface area contributed by atoms with Crippen molar-refractivity contribution in [3.05, 3.63) is 18.2 Å². The molecule has 0 saturated heterocycles. The molecule has 0 fully saturated rings. The zero-order valence-corrected chi connectivity index (χ0v) is 11.1. The van der Waals surface area contributed by atoms with Gasteiger partial charge in [0.25, 0.3) is 0 Å². The SMILES string of the molecule is COc1ccc2c(c1)SNC(SC(C)C)=N2. The van der Waals surface area contributed by atoms with Crippen LogP contribution in [-0.2, 0) is 0 Å². The molecule has 2 rings (SSSR count). The summed E-state index contributed by atoms with van der Waals surface area (Å²) < 4.78 is 8.41. The Balaban J connectivity index is 2.23. The highest BCUT2D eigenvalue weighted by Gasteiger charge is 2.14. The molecule has 0 saturated carbocycles. The van der Waals surface area contributed by atoms with Gasteiger partial charge in [0.05, 0.1) is 17.7 Å². The number of ether oxygens (including phenoxy) is 1. The number of amidine groups is 1. The van der Waals surface area contributed by atoms with Gasteiger partial charge in [-0.15, -0.1) is 0 Å². The highest BCUT2D eigenvalue weighted by atomic mass is 32.2. The molecule has 3 nitrogen and oxygen atoms in total. The van der Waals surface area contributed by atoms with E-state index >= 15 is 0 Å². The average molecular weight is 254 g/mol. The highest BCUT2D eigenvalue weighted by Crippen LogP contribution is 2.36. The molecule has 86 valence electrons. The molecule has 0 atom stereocenters. The number of hydrogen-bond donors (Lipinski definition) is 1. The van der Waals surface area contributed by atoms with Crippen molar-refractivity contribution in [2.45, 2.75) is 24.0 Å². The van der Waals surface area contributed by atoms with Crippen LogP contribution in [0.3, 0.4) is 0 Å². The molecule has 1 aliphatic heterocycles. The number of nitrogens with zero attached hydrogens (tertiary/aromatic N) is 1. The Hall–Kier alpha value is -0.810. The predicted octanol–water partition coefficient (Wildman–Crippen LogP) is 3.43. The van der Waals surface area contributed by atoms with Gasteiger partial charge in [-0.05, 0) is 30.1 Å². The third kappa shape index (κ3) is 2.65. The van der Waals surface area contributed by atoms with Gasteiger partial charge in [-0.2, -0.15) is 0 Å². The first-order chi connectivity index (χ1) is 7.69. The van der Waals surface area contributed by atoms with Crippen LogP contribution in [0.4, 0.5) is 5.69 Å². The highest BCUT2D eigenvalue weighted by molar-refractivity contribution is 8.16. The fourth-order valence-electron chi connectivity index (χ4n) is 1.30. The molecule has 0 spiro atoms. The molecular weight excluding hydrogens is 240 g/mol. The van der Waals surface area contributed by atoms with Crippen LogP contribution in [0, 0.1) is 0 Å². The molecule has 0 amide bonds. The van der Waals surface area contributed by atoms with Gasteiger partial charge in [0.1, 0.15) is 5.75 Å². The van der Waals surface area contributed by atoms with E-state index in [-0.39, 0.29) is 0 Å². The summed E-state index contributed by atoms with van der Waals surface area (Å²) in [6.45, 7) is 4.31. The minimum absolute atomic E-state index is 0.534. The lowest BCUT2D eigenvalue weighted by molar-refractivity contribution is 0.414. The van der Waals surface area contributed by atoms with E-state index in [4.69, 9.17) is 4.74 Å². The molecule has 5 heteroatoms. The predicted molar refractivity (Wildman–Crippen MR) is 71.8 cm³/mol. The smallest absolute Gasteiger partial charge is 0.172 e. The van der Waals surface area contributed by atoms with Crippen LogP contribution >= 0.6 is 23.7 Å². The number of rotatable bonds is 2. The quantitative estimate of drug-likeness (QED) is 0.820. The largest absolute Gasteiger partial charge is 0.497 e. The van der Waals surface area contributed by atoms with Gasteiger partial charge in [0.15, 0.2) is 5.17 Å². The molecule has 1 aromatic carbocycles. The van der Waals surface area contributed by atoms with Gasteiger partial charge in [-0.25, -0.2) is 4.99 Å². The van der Waals surface area contributed by atoms with Gasteiger partial charge in [0.2, 0.25) is 0 Å². The van der Waals surface area contributed by atoms with E-state index in [9.17, 15) is 0 Å². The van der Waals surface area contributed by atoms with E-state index in [1.165, 1.54) is 0 Å². The van der Waals surface area contributed by atoms with Crippen molar-refractivity contribution in [3.63, 3.8) is 0 Å².